The fourth-order valence-corrected chi connectivity index (χ4v) is 4.59. The molecule has 0 aliphatic heterocycles. The van der Waals surface area contributed by atoms with Gasteiger partial charge in [0.15, 0.2) is 5.76 Å². The van der Waals surface area contributed by atoms with Gasteiger partial charge in [-0.1, -0.05) is 0 Å². The van der Waals surface area contributed by atoms with Crippen molar-refractivity contribution in [2.24, 2.45) is 5.10 Å². The van der Waals surface area contributed by atoms with Crippen molar-refractivity contribution in [1.82, 2.24) is 5.43 Å². The number of hydrazone groups is 1. The molecular weight excluding hydrogens is 604 g/mol. The first-order valence-corrected chi connectivity index (χ1v) is 11.7. The van der Waals surface area contributed by atoms with Gasteiger partial charge in [-0.2, -0.15) is 5.10 Å². The monoisotopic (exact) mass is 616 g/mol. The molecule has 0 atom stereocenters. The summed E-state index contributed by atoms with van der Waals surface area (Å²) in [5.74, 6) is -0.141. The highest BCUT2D eigenvalue weighted by atomic mass is 79.9. The van der Waals surface area contributed by atoms with Crippen LogP contribution in [0.5, 0.6) is 5.75 Å². The molecule has 4 aromatic rings. The Morgan fingerprint density at radius 3 is 2.25 bits per heavy atom. The second-order valence-electron chi connectivity index (χ2n) is 7.31. The van der Waals surface area contributed by atoms with Crippen LogP contribution in [-0.2, 0) is 6.61 Å². The number of carbonyl (C=O) groups is 1. The molecule has 1 N–H and O–H groups in total. The summed E-state index contributed by atoms with van der Waals surface area (Å²) in [5, 5.41) is 26.0. The summed E-state index contributed by atoms with van der Waals surface area (Å²) in [4.78, 5) is 33.0. The van der Waals surface area contributed by atoms with Gasteiger partial charge in [0, 0.05) is 29.7 Å². The van der Waals surface area contributed by atoms with Crippen molar-refractivity contribution < 1.29 is 23.8 Å². The van der Waals surface area contributed by atoms with Crippen LogP contribution in [0.3, 0.4) is 0 Å². The highest BCUT2D eigenvalue weighted by Gasteiger charge is 2.15. The lowest BCUT2D eigenvalue weighted by molar-refractivity contribution is -0.385. The number of rotatable bonds is 8. The zero-order valence-electron chi connectivity index (χ0n) is 18.0. The minimum absolute atomic E-state index is 0.00105. The largest absolute Gasteiger partial charge is 0.487 e. The van der Waals surface area contributed by atoms with Crippen molar-refractivity contribution in [3.63, 3.8) is 0 Å². The maximum atomic E-state index is 12.4. The van der Waals surface area contributed by atoms with E-state index in [0.717, 1.165) is 5.56 Å². The molecule has 1 heterocycles. The number of ether oxygens (including phenoxy) is 1. The Bertz CT molecular complexity index is 1490. The van der Waals surface area contributed by atoms with Gasteiger partial charge in [0.05, 0.1) is 25.0 Å². The number of amides is 1. The number of carbonyl (C=O) groups excluding carboxylic acids is 1. The second-order valence-corrected chi connectivity index (χ2v) is 9.02. The molecule has 1 amide bonds. The fraction of sp³-hybridized carbons (Fsp3) is 0.0435. The Labute approximate surface area is 219 Å². The van der Waals surface area contributed by atoms with Crippen LogP contribution in [0, 0.1) is 20.2 Å². The summed E-state index contributed by atoms with van der Waals surface area (Å²) in [6, 6.07) is 14.9. The molecule has 0 saturated carbocycles. The van der Waals surface area contributed by atoms with Gasteiger partial charge in [0.2, 0.25) is 0 Å². The van der Waals surface area contributed by atoms with E-state index in [9.17, 15) is 25.0 Å². The average Bonchev–Trinajstić information content (AvgIpc) is 3.27. The minimum atomic E-state index is -0.619. The van der Waals surface area contributed by atoms with E-state index in [-0.39, 0.29) is 23.7 Å². The van der Waals surface area contributed by atoms with E-state index in [1.165, 1.54) is 42.6 Å². The number of halogens is 2. The molecule has 3 aromatic carbocycles. The lowest BCUT2D eigenvalue weighted by Crippen LogP contribution is -2.16. The first kappa shape index (κ1) is 25.0. The van der Waals surface area contributed by atoms with Crippen LogP contribution >= 0.6 is 31.9 Å². The van der Waals surface area contributed by atoms with Crippen molar-refractivity contribution >= 4 is 66.3 Å². The highest BCUT2D eigenvalue weighted by Crippen LogP contribution is 2.35. The SMILES string of the molecule is O=C(N/N=C/c1cc(Br)c(OCc2ccc([N+](=O)[O-])cc2)c(Br)c1)c1cc2cc([N+](=O)[O-])ccc2o1. The molecule has 0 unspecified atom stereocenters. The Morgan fingerprint density at radius 1 is 0.972 bits per heavy atom. The van der Waals surface area contributed by atoms with Gasteiger partial charge in [-0.05, 0) is 79.4 Å². The van der Waals surface area contributed by atoms with Crippen LogP contribution in [0.4, 0.5) is 11.4 Å². The number of nitro groups is 2. The number of hydrogen-bond acceptors (Lipinski definition) is 8. The molecule has 11 nitrogen and oxygen atoms in total. The molecule has 13 heteroatoms. The van der Waals surface area contributed by atoms with Crippen molar-refractivity contribution in [3.8, 4) is 5.75 Å². The molecule has 0 fully saturated rings. The van der Waals surface area contributed by atoms with Gasteiger partial charge in [0.1, 0.15) is 17.9 Å². The molecule has 36 heavy (non-hydrogen) atoms. The number of non-ortho nitro benzene ring substituents is 2. The zero-order chi connectivity index (χ0) is 25.8. The van der Waals surface area contributed by atoms with Crippen LogP contribution in [0.25, 0.3) is 11.0 Å². The standard InChI is InChI=1S/C23H14Br2N4O7/c24-18-7-14(8-19(25)22(18)35-12-13-1-3-16(4-2-13)28(31)32)11-26-27-23(30)21-10-15-9-17(29(33)34)5-6-20(15)36-21/h1-11H,12H2,(H,27,30)/b26-11+. The first-order valence-electron chi connectivity index (χ1n) is 10.1. The van der Waals surface area contributed by atoms with Crippen LogP contribution in [-0.4, -0.2) is 22.0 Å². The average molecular weight is 618 g/mol. The predicted molar refractivity (Wildman–Crippen MR) is 137 cm³/mol. The van der Waals surface area contributed by atoms with Crippen LogP contribution in [0.1, 0.15) is 21.7 Å². The molecule has 0 aliphatic carbocycles. The van der Waals surface area contributed by atoms with E-state index < -0.39 is 15.8 Å². The third-order valence-corrected chi connectivity index (χ3v) is 6.04. The highest BCUT2D eigenvalue weighted by molar-refractivity contribution is 9.11. The fourth-order valence-electron chi connectivity index (χ4n) is 3.14. The molecule has 0 radical (unpaired) electrons. The van der Waals surface area contributed by atoms with E-state index in [1.54, 1.807) is 24.3 Å². The van der Waals surface area contributed by atoms with Crippen LogP contribution < -0.4 is 10.2 Å². The van der Waals surface area contributed by atoms with Crippen molar-refractivity contribution in [1.29, 1.82) is 0 Å². The lowest BCUT2D eigenvalue weighted by Gasteiger charge is -2.11. The number of nitro benzene ring substituents is 2. The summed E-state index contributed by atoms with van der Waals surface area (Å²) >= 11 is 6.88. The first-order chi connectivity index (χ1) is 17.2. The van der Waals surface area contributed by atoms with Crippen molar-refractivity contribution in [3.05, 3.63) is 107 Å². The number of furan rings is 1. The van der Waals surface area contributed by atoms with E-state index >= 15 is 0 Å². The minimum Gasteiger partial charge on any atom is -0.487 e. The number of fused-ring (bicyclic) bond motifs is 1. The molecule has 0 aliphatic rings. The quantitative estimate of drug-likeness (QED) is 0.142. The second kappa shape index (κ2) is 10.7. The van der Waals surface area contributed by atoms with E-state index in [2.05, 4.69) is 42.4 Å². The topological polar surface area (TPSA) is 150 Å². The Balaban J connectivity index is 1.39. The van der Waals surface area contributed by atoms with Crippen molar-refractivity contribution in [2.45, 2.75) is 6.61 Å². The van der Waals surface area contributed by atoms with E-state index in [4.69, 9.17) is 9.15 Å². The van der Waals surface area contributed by atoms with Gasteiger partial charge < -0.3 is 9.15 Å². The number of hydrogen-bond donors (Lipinski definition) is 1. The summed E-state index contributed by atoms with van der Waals surface area (Å²) in [7, 11) is 0. The maximum Gasteiger partial charge on any atom is 0.307 e. The molecular formula is C23H14Br2N4O7. The van der Waals surface area contributed by atoms with Gasteiger partial charge in [-0.25, -0.2) is 5.43 Å². The van der Waals surface area contributed by atoms with Crippen LogP contribution in [0.15, 0.2) is 79.1 Å². The third kappa shape index (κ3) is 5.75. The van der Waals surface area contributed by atoms with E-state index in [0.29, 0.717) is 31.2 Å². The maximum absolute atomic E-state index is 12.4. The normalized spacial score (nSPS) is 11.1. The summed E-state index contributed by atoms with van der Waals surface area (Å²) < 4.78 is 12.5. The molecule has 182 valence electrons. The Kier molecular flexibility index (Phi) is 7.41. The number of benzene rings is 3. The third-order valence-electron chi connectivity index (χ3n) is 4.87. The summed E-state index contributed by atoms with van der Waals surface area (Å²) in [6.07, 6.45) is 1.42. The molecule has 0 saturated heterocycles. The molecule has 0 bridgehead atoms. The van der Waals surface area contributed by atoms with Crippen LogP contribution in [0.2, 0.25) is 0 Å². The Hall–Kier alpha value is -4.10. The van der Waals surface area contributed by atoms with Gasteiger partial charge >= 0.3 is 5.91 Å². The van der Waals surface area contributed by atoms with Gasteiger partial charge in [0.25, 0.3) is 11.4 Å². The lowest BCUT2D eigenvalue weighted by atomic mass is 10.2. The smallest absolute Gasteiger partial charge is 0.307 e. The summed E-state index contributed by atoms with van der Waals surface area (Å²) in [5.41, 5.74) is 3.98. The van der Waals surface area contributed by atoms with Crippen molar-refractivity contribution in [2.75, 3.05) is 0 Å². The van der Waals surface area contributed by atoms with Gasteiger partial charge in [-0.3, -0.25) is 25.0 Å². The molecule has 1 aromatic heterocycles. The van der Waals surface area contributed by atoms with Gasteiger partial charge in [-0.15, -0.1) is 0 Å². The predicted octanol–water partition coefficient (Wildman–Crippen LogP) is 6.12. The number of nitrogens with one attached hydrogen (secondary N) is 1. The number of nitrogens with zero attached hydrogens (tertiary/aromatic N) is 3. The van der Waals surface area contributed by atoms with E-state index in [1.807, 2.05) is 0 Å². The Morgan fingerprint density at radius 2 is 1.61 bits per heavy atom. The zero-order valence-corrected chi connectivity index (χ0v) is 21.2. The molecule has 0 spiro atoms. The summed E-state index contributed by atoms with van der Waals surface area (Å²) in [6.45, 7) is 0.194. The molecule has 4 rings (SSSR count).